The van der Waals surface area contributed by atoms with Crippen LogP contribution in [0.4, 0.5) is 0 Å². The highest BCUT2D eigenvalue weighted by molar-refractivity contribution is 6.31. The lowest BCUT2D eigenvalue weighted by atomic mass is 10.1. The monoisotopic (exact) mass is 438 g/mol. The van der Waals surface area contributed by atoms with E-state index in [0.29, 0.717) is 38.2 Å². The maximum absolute atomic E-state index is 12.7. The van der Waals surface area contributed by atoms with Crippen LogP contribution in [0.5, 0.6) is 11.5 Å². The molecule has 3 aromatic carbocycles. The summed E-state index contributed by atoms with van der Waals surface area (Å²) >= 11 is 11.8. The molecule has 3 aromatic rings. The van der Waals surface area contributed by atoms with Crippen molar-refractivity contribution in [1.82, 2.24) is 0 Å². The van der Waals surface area contributed by atoms with E-state index in [0.717, 1.165) is 5.56 Å². The molecule has 0 amide bonds. The Labute approximate surface area is 183 Å². The molecule has 0 aromatic heterocycles. The van der Waals surface area contributed by atoms with Crippen LogP contribution < -0.4 is 9.47 Å². The van der Waals surface area contributed by atoms with Gasteiger partial charge in [0.2, 0.25) is 5.78 Å². The molecule has 0 spiro atoms. The molecule has 0 saturated carbocycles. The van der Waals surface area contributed by atoms with Crippen molar-refractivity contribution >= 4 is 40.8 Å². The van der Waals surface area contributed by atoms with Gasteiger partial charge >= 0.3 is 0 Å². The Hall–Kier alpha value is -3.08. The van der Waals surface area contributed by atoms with E-state index < -0.39 is 0 Å². The van der Waals surface area contributed by atoms with Crippen LogP contribution in [0.25, 0.3) is 6.08 Å². The van der Waals surface area contributed by atoms with Gasteiger partial charge < -0.3 is 9.47 Å². The summed E-state index contributed by atoms with van der Waals surface area (Å²) in [6, 6.07) is 17.0. The molecule has 0 bridgehead atoms. The third kappa shape index (κ3) is 4.11. The van der Waals surface area contributed by atoms with E-state index in [1.807, 2.05) is 0 Å². The van der Waals surface area contributed by atoms with Crippen LogP contribution in [0.15, 0.2) is 66.4 Å². The van der Waals surface area contributed by atoms with Gasteiger partial charge in [0.05, 0.1) is 5.56 Å². The van der Waals surface area contributed by atoms with Crippen molar-refractivity contribution in [2.45, 2.75) is 6.92 Å². The Kier molecular flexibility index (Phi) is 5.62. The zero-order valence-electron chi connectivity index (χ0n) is 15.9. The van der Waals surface area contributed by atoms with Gasteiger partial charge in [0.1, 0.15) is 11.5 Å². The maximum atomic E-state index is 12.7. The van der Waals surface area contributed by atoms with Crippen LogP contribution in [-0.4, -0.2) is 18.2 Å². The van der Waals surface area contributed by atoms with Crippen LogP contribution in [-0.2, 0) is 0 Å². The summed E-state index contributed by atoms with van der Waals surface area (Å²) in [5, 5.41) is 1.18. The maximum Gasteiger partial charge on any atom is 0.231 e. The first-order valence-electron chi connectivity index (χ1n) is 9.17. The highest BCUT2D eigenvalue weighted by Gasteiger charge is 2.30. The molecule has 30 heavy (non-hydrogen) atoms. The van der Waals surface area contributed by atoms with E-state index in [-0.39, 0.29) is 23.9 Å². The minimum atomic E-state index is -0.202. The number of rotatable bonds is 5. The van der Waals surface area contributed by atoms with Crippen molar-refractivity contribution in [2.24, 2.45) is 0 Å². The first-order chi connectivity index (χ1) is 14.4. The molecule has 6 heteroatoms. The van der Waals surface area contributed by atoms with Gasteiger partial charge in [-0.15, -0.1) is 0 Å². The van der Waals surface area contributed by atoms with Gasteiger partial charge in [-0.1, -0.05) is 35.3 Å². The lowest BCUT2D eigenvalue weighted by Gasteiger charge is -2.11. The number of carbonyl (C=O) groups excluding carboxylic acids is 2. The Morgan fingerprint density at radius 2 is 1.60 bits per heavy atom. The molecule has 4 rings (SSSR count). The Balaban J connectivity index is 1.52. The van der Waals surface area contributed by atoms with Crippen molar-refractivity contribution in [2.75, 3.05) is 6.61 Å². The second-order valence-corrected chi connectivity index (χ2v) is 7.65. The summed E-state index contributed by atoms with van der Waals surface area (Å²) in [7, 11) is 0. The smallest absolute Gasteiger partial charge is 0.231 e. The van der Waals surface area contributed by atoms with E-state index in [4.69, 9.17) is 32.7 Å². The Bertz CT molecular complexity index is 1160. The van der Waals surface area contributed by atoms with Gasteiger partial charge in [-0.3, -0.25) is 9.59 Å². The lowest BCUT2D eigenvalue weighted by Crippen LogP contribution is -2.12. The summed E-state index contributed by atoms with van der Waals surface area (Å²) in [5.74, 6) is 0.775. The minimum absolute atomic E-state index is 0.136. The number of fused-ring (bicyclic) bond motifs is 1. The fourth-order valence-corrected chi connectivity index (χ4v) is 3.35. The quantitative estimate of drug-likeness (QED) is 0.352. The molecule has 1 aliphatic rings. The van der Waals surface area contributed by atoms with Crippen molar-refractivity contribution in [1.29, 1.82) is 0 Å². The van der Waals surface area contributed by atoms with Gasteiger partial charge in [-0.25, -0.2) is 0 Å². The zero-order valence-corrected chi connectivity index (χ0v) is 17.5. The summed E-state index contributed by atoms with van der Waals surface area (Å²) in [4.78, 5) is 25.0. The van der Waals surface area contributed by atoms with Crippen LogP contribution in [0.2, 0.25) is 10.0 Å². The van der Waals surface area contributed by atoms with Crippen LogP contribution in [0.3, 0.4) is 0 Å². The minimum Gasteiger partial charge on any atom is -0.485 e. The molecule has 0 saturated heterocycles. The van der Waals surface area contributed by atoms with Crippen molar-refractivity contribution < 1.29 is 19.1 Å². The fraction of sp³-hybridized carbons (Fsp3) is 0.0833. The first kappa shape index (κ1) is 20.2. The molecule has 0 fully saturated rings. The second-order valence-electron chi connectivity index (χ2n) is 6.78. The highest BCUT2D eigenvalue weighted by Crippen LogP contribution is 2.39. The normalized spacial score (nSPS) is 13.8. The van der Waals surface area contributed by atoms with E-state index in [2.05, 4.69) is 0 Å². The highest BCUT2D eigenvalue weighted by atomic mass is 35.5. The number of ether oxygens (including phenoxy) is 2. The lowest BCUT2D eigenvalue weighted by molar-refractivity contribution is 0.0920. The van der Waals surface area contributed by atoms with Crippen LogP contribution >= 0.6 is 23.2 Å². The predicted octanol–water partition coefficient (Wildman–Crippen LogP) is 6.18. The van der Waals surface area contributed by atoms with E-state index in [1.165, 1.54) is 0 Å². The third-order valence-corrected chi connectivity index (χ3v) is 5.23. The van der Waals surface area contributed by atoms with Gasteiger partial charge in [0.15, 0.2) is 18.1 Å². The van der Waals surface area contributed by atoms with Crippen molar-refractivity contribution in [3.63, 3.8) is 0 Å². The molecule has 4 nitrogen and oxygen atoms in total. The van der Waals surface area contributed by atoms with Crippen molar-refractivity contribution in [3.8, 4) is 11.5 Å². The molecule has 0 N–H and O–H groups in total. The van der Waals surface area contributed by atoms with E-state index in [9.17, 15) is 9.59 Å². The largest absolute Gasteiger partial charge is 0.485 e. The molecular weight excluding hydrogens is 423 g/mol. The number of ketones is 2. The topological polar surface area (TPSA) is 52.6 Å². The van der Waals surface area contributed by atoms with Crippen LogP contribution in [0, 0.1) is 6.92 Å². The zero-order chi connectivity index (χ0) is 21.3. The van der Waals surface area contributed by atoms with E-state index >= 15 is 0 Å². The number of hydrogen-bond donors (Lipinski definition) is 0. The number of Topliss-reactive ketones (excluding diaryl/α,β-unsaturated/α-hetero) is 2. The summed E-state index contributed by atoms with van der Waals surface area (Å²) in [6.45, 7) is 1.65. The molecule has 1 aliphatic heterocycles. The molecule has 0 radical (unpaired) electrons. The standard InChI is InChI=1S/C24H16Cl2O4/c1-14-21(29-13-20(27)16-4-8-18(26)9-5-16)11-10-19-23(28)22(30-24(14)19)12-15-2-6-17(25)7-3-15/h2-12H,13H2,1H3/b22-12-. The summed E-state index contributed by atoms with van der Waals surface area (Å²) in [5.41, 5.74) is 2.43. The fourth-order valence-electron chi connectivity index (χ4n) is 3.10. The number of carbonyl (C=O) groups is 2. The second kappa shape index (κ2) is 8.34. The van der Waals surface area contributed by atoms with Gasteiger partial charge in [0.25, 0.3) is 0 Å². The average molecular weight is 439 g/mol. The van der Waals surface area contributed by atoms with Gasteiger partial charge in [-0.2, -0.15) is 0 Å². The van der Waals surface area contributed by atoms with Gasteiger partial charge in [0, 0.05) is 21.2 Å². The number of halogens is 2. The van der Waals surface area contributed by atoms with Gasteiger partial charge in [-0.05, 0) is 67.1 Å². The Morgan fingerprint density at radius 1 is 0.967 bits per heavy atom. The molecular formula is C24H16Cl2O4. The molecule has 0 unspecified atom stereocenters. The van der Waals surface area contributed by atoms with Crippen LogP contribution in [0.1, 0.15) is 31.8 Å². The summed E-state index contributed by atoms with van der Waals surface area (Å²) in [6.07, 6.45) is 1.67. The molecule has 1 heterocycles. The SMILES string of the molecule is Cc1c(OCC(=O)c2ccc(Cl)cc2)ccc2c1O/C(=C\c1ccc(Cl)cc1)C2=O. The number of allylic oxidation sites excluding steroid dienone is 1. The molecule has 0 aliphatic carbocycles. The third-order valence-electron chi connectivity index (χ3n) is 4.73. The van der Waals surface area contributed by atoms with E-state index in [1.54, 1.807) is 73.7 Å². The number of benzene rings is 3. The predicted molar refractivity (Wildman–Crippen MR) is 117 cm³/mol. The first-order valence-corrected chi connectivity index (χ1v) is 9.93. The summed E-state index contributed by atoms with van der Waals surface area (Å²) < 4.78 is 11.5. The average Bonchev–Trinajstić information content (AvgIpc) is 3.06. The van der Waals surface area contributed by atoms with Crippen molar-refractivity contribution in [3.05, 3.63) is 98.7 Å². The Morgan fingerprint density at radius 3 is 2.27 bits per heavy atom. The number of hydrogen-bond acceptors (Lipinski definition) is 4. The molecule has 0 atom stereocenters. The molecule has 150 valence electrons.